The van der Waals surface area contributed by atoms with Gasteiger partial charge in [-0.25, -0.2) is 4.98 Å². The Labute approximate surface area is 147 Å². The number of carbonyl (C=O) groups excluding carboxylic acids is 1. The van der Waals surface area contributed by atoms with Gasteiger partial charge in [-0.1, -0.05) is 0 Å². The monoisotopic (exact) mass is 353 g/mol. The molecule has 0 aromatic carbocycles. The van der Waals surface area contributed by atoms with Gasteiger partial charge in [0.2, 0.25) is 5.91 Å². The quantitative estimate of drug-likeness (QED) is 0.819. The third-order valence-electron chi connectivity index (χ3n) is 5.17. The highest BCUT2D eigenvalue weighted by molar-refractivity contribution is 7.09. The van der Waals surface area contributed by atoms with Gasteiger partial charge < -0.3 is 14.7 Å². The number of ether oxygens (including phenoxy) is 1. The van der Waals surface area contributed by atoms with Gasteiger partial charge in [-0.05, 0) is 19.3 Å². The molecule has 2 saturated heterocycles. The van der Waals surface area contributed by atoms with Crippen LogP contribution < -0.4 is 0 Å². The van der Waals surface area contributed by atoms with Gasteiger partial charge in [0.05, 0.1) is 24.4 Å². The van der Waals surface area contributed by atoms with Crippen LogP contribution in [-0.4, -0.2) is 78.3 Å². The Bertz CT molecular complexity index is 545. The third-order valence-corrected chi connectivity index (χ3v) is 6.17. The van der Waals surface area contributed by atoms with Crippen LogP contribution in [0.25, 0.3) is 0 Å². The predicted octanol–water partition coefficient (Wildman–Crippen LogP) is 0.783. The van der Waals surface area contributed by atoms with Crippen molar-refractivity contribution in [1.29, 1.82) is 0 Å². The van der Waals surface area contributed by atoms with E-state index in [0.717, 1.165) is 51.5 Å². The molecular weight excluding hydrogens is 326 g/mol. The van der Waals surface area contributed by atoms with Gasteiger partial charge in [-0.15, -0.1) is 11.3 Å². The summed E-state index contributed by atoms with van der Waals surface area (Å²) >= 11 is 1.62. The Hall–Kier alpha value is -1.02. The van der Waals surface area contributed by atoms with Crippen LogP contribution in [0.3, 0.4) is 0 Å². The number of likely N-dealkylation sites (tertiary alicyclic amines) is 1. The third kappa shape index (κ3) is 4.33. The Morgan fingerprint density at radius 2 is 2.12 bits per heavy atom. The lowest BCUT2D eigenvalue weighted by atomic mass is 9.96. The van der Waals surface area contributed by atoms with Crippen molar-refractivity contribution in [3.63, 3.8) is 0 Å². The molecule has 7 heteroatoms. The number of thiazole rings is 1. The topological polar surface area (TPSA) is 65.9 Å². The molecule has 0 saturated carbocycles. The van der Waals surface area contributed by atoms with Crippen molar-refractivity contribution in [1.82, 2.24) is 14.8 Å². The van der Waals surface area contributed by atoms with Crippen LogP contribution in [-0.2, 0) is 16.0 Å². The minimum absolute atomic E-state index is 0.159. The van der Waals surface area contributed by atoms with Crippen molar-refractivity contribution in [3.8, 4) is 0 Å². The molecule has 1 aromatic heterocycles. The Kier molecular flexibility index (Phi) is 6.21. The number of hydrogen-bond acceptors (Lipinski definition) is 6. The van der Waals surface area contributed by atoms with Crippen LogP contribution >= 0.6 is 11.3 Å². The van der Waals surface area contributed by atoms with Gasteiger partial charge in [0.1, 0.15) is 0 Å². The molecule has 0 radical (unpaired) electrons. The van der Waals surface area contributed by atoms with Crippen LogP contribution in [0.4, 0.5) is 0 Å². The van der Waals surface area contributed by atoms with Crippen LogP contribution in [0.2, 0.25) is 0 Å². The lowest BCUT2D eigenvalue weighted by molar-refractivity contribution is -0.130. The van der Waals surface area contributed by atoms with Crippen LogP contribution in [0.5, 0.6) is 0 Å². The zero-order valence-corrected chi connectivity index (χ0v) is 15.1. The highest BCUT2D eigenvalue weighted by Crippen LogP contribution is 2.25. The molecule has 0 unspecified atom stereocenters. The largest absolute Gasteiger partial charge is 0.396 e. The summed E-state index contributed by atoms with van der Waals surface area (Å²) in [5, 5.41) is 9.69. The van der Waals surface area contributed by atoms with Gasteiger partial charge in [-0.2, -0.15) is 0 Å². The standard InChI is InChI=1S/C17H27N3O3S/c1-13-16(24-12-18-13)2-3-17(22)20-9-14(15(10-20)11-21)8-19-4-6-23-7-5-19/h12,14-15,21H,2-11H2,1H3/t14-,15-/m1/s1. The zero-order chi connectivity index (χ0) is 16.9. The molecule has 0 aliphatic carbocycles. The fraction of sp³-hybridized carbons (Fsp3) is 0.765. The van der Waals surface area contributed by atoms with E-state index < -0.39 is 0 Å². The van der Waals surface area contributed by atoms with Crippen LogP contribution in [0.15, 0.2) is 5.51 Å². The van der Waals surface area contributed by atoms with Gasteiger partial charge in [0.15, 0.2) is 0 Å². The van der Waals surface area contributed by atoms with Crippen molar-refractivity contribution in [2.75, 3.05) is 52.5 Å². The molecule has 134 valence electrons. The molecule has 24 heavy (non-hydrogen) atoms. The van der Waals surface area contributed by atoms with Gasteiger partial charge in [0.25, 0.3) is 0 Å². The average molecular weight is 353 g/mol. The first-order valence-corrected chi connectivity index (χ1v) is 9.63. The highest BCUT2D eigenvalue weighted by Gasteiger charge is 2.35. The second-order valence-corrected chi connectivity index (χ2v) is 7.71. The lowest BCUT2D eigenvalue weighted by Crippen LogP contribution is -2.41. The van der Waals surface area contributed by atoms with E-state index >= 15 is 0 Å². The zero-order valence-electron chi connectivity index (χ0n) is 14.3. The second kappa shape index (κ2) is 8.38. The molecular formula is C17H27N3O3S. The summed E-state index contributed by atoms with van der Waals surface area (Å²) in [6.45, 7) is 8.03. The molecule has 3 heterocycles. The van der Waals surface area contributed by atoms with Crippen LogP contribution in [0.1, 0.15) is 17.0 Å². The second-order valence-electron chi connectivity index (χ2n) is 6.78. The van der Waals surface area contributed by atoms with E-state index in [1.807, 2.05) is 17.3 Å². The summed E-state index contributed by atoms with van der Waals surface area (Å²) in [4.78, 5) is 22.3. The number of aromatic nitrogens is 1. The summed E-state index contributed by atoms with van der Waals surface area (Å²) in [6.07, 6.45) is 1.30. The van der Waals surface area contributed by atoms with E-state index in [1.165, 1.54) is 4.88 Å². The average Bonchev–Trinajstić information content (AvgIpc) is 3.19. The first kappa shape index (κ1) is 17.8. The summed E-state index contributed by atoms with van der Waals surface area (Å²) in [5.74, 6) is 0.759. The number of carbonyl (C=O) groups is 1. The molecule has 0 spiro atoms. The van der Waals surface area contributed by atoms with E-state index in [-0.39, 0.29) is 18.4 Å². The molecule has 0 bridgehead atoms. The minimum Gasteiger partial charge on any atom is -0.396 e. The number of hydrogen-bond donors (Lipinski definition) is 1. The fourth-order valence-corrected chi connectivity index (χ4v) is 4.40. The van der Waals surface area contributed by atoms with Crippen molar-refractivity contribution in [2.24, 2.45) is 11.8 Å². The van der Waals surface area contributed by atoms with E-state index in [9.17, 15) is 9.90 Å². The highest BCUT2D eigenvalue weighted by atomic mass is 32.1. The Balaban J connectivity index is 1.50. The molecule has 2 aliphatic rings. The summed E-state index contributed by atoms with van der Waals surface area (Å²) in [5.41, 5.74) is 2.87. The predicted molar refractivity (Wildman–Crippen MR) is 93.1 cm³/mol. The Morgan fingerprint density at radius 3 is 2.79 bits per heavy atom. The van der Waals surface area contributed by atoms with Crippen molar-refractivity contribution in [3.05, 3.63) is 16.1 Å². The van der Waals surface area contributed by atoms with Crippen molar-refractivity contribution in [2.45, 2.75) is 19.8 Å². The summed E-state index contributed by atoms with van der Waals surface area (Å²) < 4.78 is 5.39. The van der Waals surface area contributed by atoms with Crippen molar-refractivity contribution >= 4 is 17.2 Å². The van der Waals surface area contributed by atoms with E-state index in [2.05, 4.69) is 9.88 Å². The summed E-state index contributed by atoms with van der Waals surface area (Å²) in [7, 11) is 0. The smallest absolute Gasteiger partial charge is 0.222 e. The SMILES string of the molecule is Cc1ncsc1CCC(=O)N1C[C@@H](CN2CCOCC2)[C@@H](CO)C1. The molecule has 2 atom stereocenters. The number of aliphatic hydroxyl groups is 1. The first-order chi connectivity index (χ1) is 11.7. The maximum Gasteiger partial charge on any atom is 0.222 e. The first-order valence-electron chi connectivity index (χ1n) is 8.75. The van der Waals surface area contributed by atoms with Gasteiger partial charge >= 0.3 is 0 Å². The maximum atomic E-state index is 12.5. The Morgan fingerprint density at radius 1 is 1.38 bits per heavy atom. The molecule has 2 aliphatic heterocycles. The minimum atomic E-state index is 0.159. The van der Waals surface area contributed by atoms with E-state index in [1.54, 1.807) is 11.3 Å². The summed E-state index contributed by atoms with van der Waals surface area (Å²) in [6, 6.07) is 0. The lowest BCUT2D eigenvalue weighted by Gasteiger charge is -2.30. The van der Waals surface area contributed by atoms with Crippen molar-refractivity contribution < 1.29 is 14.6 Å². The number of morpholine rings is 1. The number of aliphatic hydroxyl groups excluding tert-OH is 1. The number of nitrogens with zero attached hydrogens (tertiary/aromatic N) is 3. The fourth-order valence-electron chi connectivity index (χ4n) is 3.62. The molecule has 1 amide bonds. The number of rotatable bonds is 6. The normalized spacial score (nSPS) is 25.3. The maximum absolute atomic E-state index is 12.5. The van der Waals surface area contributed by atoms with Gasteiger partial charge in [-0.3, -0.25) is 9.69 Å². The molecule has 2 fully saturated rings. The van der Waals surface area contributed by atoms with E-state index in [4.69, 9.17) is 4.74 Å². The molecule has 1 N–H and O–H groups in total. The molecule has 3 rings (SSSR count). The van der Waals surface area contributed by atoms with E-state index in [0.29, 0.717) is 18.9 Å². The number of aryl methyl sites for hydroxylation is 2. The van der Waals surface area contributed by atoms with Gasteiger partial charge in [0, 0.05) is 56.5 Å². The number of amides is 1. The van der Waals surface area contributed by atoms with Crippen LogP contribution in [0, 0.1) is 18.8 Å². The molecule has 1 aromatic rings. The molecule has 6 nitrogen and oxygen atoms in total.